The van der Waals surface area contributed by atoms with Gasteiger partial charge in [0.25, 0.3) is 0 Å². The zero-order valence-corrected chi connectivity index (χ0v) is 7.40. The van der Waals surface area contributed by atoms with Crippen molar-refractivity contribution in [1.29, 1.82) is 0 Å². The van der Waals surface area contributed by atoms with Crippen LogP contribution in [0.25, 0.3) is 0 Å². The number of rotatable bonds is 0. The van der Waals surface area contributed by atoms with Crippen molar-refractivity contribution < 1.29 is 0 Å². The molecule has 0 bridgehead atoms. The van der Waals surface area contributed by atoms with Gasteiger partial charge >= 0.3 is 0 Å². The van der Waals surface area contributed by atoms with E-state index < -0.39 is 0 Å². The topological polar surface area (TPSA) is 3.24 Å². The van der Waals surface area contributed by atoms with E-state index in [2.05, 4.69) is 24.1 Å². The normalized spacial score (nSPS) is 39.2. The van der Waals surface area contributed by atoms with E-state index in [4.69, 9.17) is 0 Å². The SMILES string of the molecule is CN1CSC2=CC3CC3C=C21. The summed E-state index contributed by atoms with van der Waals surface area (Å²) >= 11 is 1.98. The Labute approximate surface area is 71.1 Å². The third kappa shape index (κ3) is 0.791. The molecule has 0 aromatic heterocycles. The molecule has 0 aromatic carbocycles. The lowest BCUT2D eigenvalue weighted by Crippen LogP contribution is -2.11. The Bertz CT molecular complexity index is 267. The molecule has 2 aliphatic carbocycles. The van der Waals surface area contributed by atoms with Gasteiger partial charge in [-0.2, -0.15) is 0 Å². The second-order valence-electron chi connectivity index (χ2n) is 3.62. The average molecular weight is 165 g/mol. The van der Waals surface area contributed by atoms with Crippen molar-refractivity contribution in [3.63, 3.8) is 0 Å². The minimum absolute atomic E-state index is 0.898. The Balaban J connectivity index is 2.04. The number of fused-ring (bicyclic) bond motifs is 2. The molecule has 0 radical (unpaired) electrons. The molecular formula is C9H11NS. The second kappa shape index (κ2) is 1.86. The van der Waals surface area contributed by atoms with Crippen molar-refractivity contribution in [1.82, 2.24) is 4.90 Å². The van der Waals surface area contributed by atoms with Crippen LogP contribution in [0.2, 0.25) is 0 Å². The van der Waals surface area contributed by atoms with Gasteiger partial charge in [-0.25, -0.2) is 0 Å². The van der Waals surface area contributed by atoms with Crippen molar-refractivity contribution in [2.45, 2.75) is 6.42 Å². The van der Waals surface area contributed by atoms with E-state index in [1.165, 1.54) is 17.0 Å². The summed E-state index contributed by atoms with van der Waals surface area (Å²) in [4.78, 5) is 3.89. The van der Waals surface area contributed by atoms with Gasteiger partial charge in [-0.15, -0.1) is 11.8 Å². The molecule has 0 aromatic rings. The standard InChI is InChI=1S/C9H11NS/c1-10-5-11-9-4-7-2-6(7)3-8(9)10/h3-4,6-7H,2,5H2,1H3. The van der Waals surface area contributed by atoms with E-state index in [9.17, 15) is 0 Å². The van der Waals surface area contributed by atoms with E-state index in [0.717, 1.165) is 17.7 Å². The van der Waals surface area contributed by atoms with Crippen LogP contribution in [0.5, 0.6) is 0 Å². The van der Waals surface area contributed by atoms with Gasteiger partial charge in [0, 0.05) is 17.6 Å². The van der Waals surface area contributed by atoms with Crippen molar-refractivity contribution in [2.75, 3.05) is 12.9 Å². The van der Waals surface area contributed by atoms with Crippen molar-refractivity contribution >= 4 is 11.8 Å². The van der Waals surface area contributed by atoms with E-state index in [0.29, 0.717) is 0 Å². The summed E-state index contributed by atoms with van der Waals surface area (Å²) in [6, 6.07) is 0. The number of hydrogen-bond acceptors (Lipinski definition) is 2. The molecule has 2 heteroatoms. The lowest BCUT2D eigenvalue weighted by Gasteiger charge is -2.13. The maximum Gasteiger partial charge on any atom is 0.0683 e. The number of likely N-dealkylation sites (N-methyl/N-ethyl adjacent to an activating group) is 1. The summed E-state index contributed by atoms with van der Waals surface area (Å²) in [6.45, 7) is 0. The van der Waals surface area contributed by atoms with E-state index in [-0.39, 0.29) is 0 Å². The first-order valence-electron chi connectivity index (χ1n) is 4.12. The largest absolute Gasteiger partial charge is 0.364 e. The van der Waals surface area contributed by atoms with E-state index >= 15 is 0 Å². The Hall–Kier alpha value is -0.370. The summed E-state index contributed by atoms with van der Waals surface area (Å²) in [6.07, 6.45) is 6.33. The summed E-state index contributed by atoms with van der Waals surface area (Å²) in [5.74, 6) is 2.96. The Morgan fingerprint density at radius 1 is 1.45 bits per heavy atom. The summed E-state index contributed by atoms with van der Waals surface area (Å²) in [7, 11) is 2.18. The minimum atomic E-state index is 0.898. The summed E-state index contributed by atoms with van der Waals surface area (Å²) in [5, 5.41) is 0. The van der Waals surface area contributed by atoms with Gasteiger partial charge in [-0.3, -0.25) is 0 Å². The van der Waals surface area contributed by atoms with Crippen molar-refractivity contribution in [2.24, 2.45) is 11.8 Å². The molecule has 58 valence electrons. The third-order valence-electron chi connectivity index (χ3n) is 2.71. The van der Waals surface area contributed by atoms with Crippen LogP contribution in [-0.4, -0.2) is 17.8 Å². The molecule has 0 amide bonds. The second-order valence-corrected chi connectivity index (χ2v) is 4.60. The van der Waals surface area contributed by atoms with Gasteiger partial charge in [-0.1, -0.05) is 12.2 Å². The zero-order valence-electron chi connectivity index (χ0n) is 6.58. The first-order valence-corrected chi connectivity index (χ1v) is 5.11. The lowest BCUT2D eigenvalue weighted by molar-refractivity contribution is 0.514. The van der Waals surface area contributed by atoms with Crippen LogP contribution in [0.15, 0.2) is 22.8 Å². The molecule has 3 aliphatic rings. The van der Waals surface area contributed by atoms with Crippen molar-refractivity contribution in [3.8, 4) is 0 Å². The van der Waals surface area contributed by atoms with Gasteiger partial charge < -0.3 is 4.90 Å². The minimum Gasteiger partial charge on any atom is -0.364 e. The van der Waals surface area contributed by atoms with Crippen LogP contribution in [0.3, 0.4) is 0 Å². The predicted octanol–water partition coefficient (Wildman–Crippen LogP) is 2.04. The fraction of sp³-hybridized carbons (Fsp3) is 0.556. The number of allylic oxidation sites excluding steroid dienone is 2. The van der Waals surface area contributed by atoms with E-state index in [1.54, 1.807) is 0 Å². The zero-order chi connectivity index (χ0) is 7.42. The van der Waals surface area contributed by atoms with E-state index in [1.807, 2.05) is 11.8 Å². The highest BCUT2D eigenvalue weighted by molar-refractivity contribution is 8.03. The molecule has 1 aliphatic heterocycles. The van der Waals surface area contributed by atoms with Gasteiger partial charge in [0.05, 0.1) is 5.88 Å². The molecule has 1 heterocycles. The number of nitrogens with zero attached hydrogens (tertiary/aromatic N) is 1. The Morgan fingerprint density at radius 3 is 3.18 bits per heavy atom. The van der Waals surface area contributed by atoms with Gasteiger partial charge in [0.2, 0.25) is 0 Å². The summed E-state index contributed by atoms with van der Waals surface area (Å²) < 4.78 is 0. The van der Waals surface area contributed by atoms with Crippen LogP contribution in [-0.2, 0) is 0 Å². The molecule has 0 spiro atoms. The highest BCUT2D eigenvalue weighted by Gasteiger charge is 2.39. The maximum absolute atomic E-state index is 2.47. The van der Waals surface area contributed by atoms with Gasteiger partial charge in [-0.05, 0) is 18.3 Å². The van der Waals surface area contributed by atoms with Gasteiger partial charge in [0.15, 0.2) is 0 Å². The quantitative estimate of drug-likeness (QED) is 0.540. The Morgan fingerprint density at radius 2 is 2.27 bits per heavy atom. The Kier molecular flexibility index (Phi) is 1.05. The fourth-order valence-corrected chi connectivity index (χ4v) is 2.97. The molecular weight excluding hydrogens is 154 g/mol. The lowest BCUT2D eigenvalue weighted by atomic mass is 10.1. The molecule has 11 heavy (non-hydrogen) atoms. The van der Waals surface area contributed by atoms with Crippen LogP contribution in [0.1, 0.15) is 6.42 Å². The number of hydrogen-bond donors (Lipinski definition) is 0. The average Bonchev–Trinajstić information content (AvgIpc) is 2.68. The smallest absolute Gasteiger partial charge is 0.0683 e. The highest BCUT2D eigenvalue weighted by Crippen LogP contribution is 2.51. The molecule has 1 nitrogen and oxygen atoms in total. The molecule has 1 saturated heterocycles. The van der Waals surface area contributed by atoms with Crippen LogP contribution < -0.4 is 0 Å². The molecule has 1 saturated carbocycles. The molecule has 2 unspecified atom stereocenters. The molecule has 2 atom stereocenters. The van der Waals surface area contributed by atoms with Gasteiger partial charge in [0.1, 0.15) is 0 Å². The third-order valence-corrected chi connectivity index (χ3v) is 3.88. The van der Waals surface area contributed by atoms with Crippen LogP contribution >= 0.6 is 11.8 Å². The first-order chi connectivity index (χ1) is 5.34. The summed E-state index contributed by atoms with van der Waals surface area (Å²) in [5.41, 5.74) is 1.49. The molecule has 3 rings (SSSR count). The number of thioether (sulfide) groups is 1. The van der Waals surface area contributed by atoms with Crippen molar-refractivity contribution in [3.05, 3.63) is 22.8 Å². The first kappa shape index (κ1) is 6.18. The highest BCUT2D eigenvalue weighted by atomic mass is 32.2. The fourth-order valence-electron chi connectivity index (χ4n) is 1.86. The predicted molar refractivity (Wildman–Crippen MR) is 48.0 cm³/mol. The molecule has 2 fully saturated rings. The van der Waals surface area contributed by atoms with Crippen LogP contribution in [0.4, 0.5) is 0 Å². The molecule has 0 N–H and O–H groups in total. The van der Waals surface area contributed by atoms with Crippen LogP contribution in [0, 0.1) is 11.8 Å². The monoisotopic (exact) mass is 165 g/mol. The maximum atomic E-state index is 2.47.